The largest absolute Gasteiger partial charge is 0.455 e. The van der Waals surface area contributed by atoms with E-state index in [-0.39, 0.29) is 11.5 Å². The van der Waals surface area contributed by atoms with Gasteiger partial charge < -0.3 is 10.1 Å². The van der Waals surface area contributed by atoms with Crippen LogP contribution in [0.2, 0.25) is 0 Å². The normalized spacial score (nSPS) is 26.9. The molecule has 0 aromatic heterocycles. The Hall–Kier alpha value is -0.430. The Labute approximate surface area is 122 Å². The average Bonchev–Trinajstić information content (AvgIpc) is 2.33. The summed E-state index contributed by atoms with van der Waals surface area (Å²) in [7, 11) is 0. The van der Waals surface area contributed by atoms with Gasteiger partial charge in [0.25, 0.3) is 0 Å². The van der Waals surface area contributed by atoms with Crippen LogP contribution in [0, 0.1) is 5.41 Å². The number of hydrogen-bond donors (Lipinski definition) is 1. The summed E-state index contributed by atoms with van der Waals surface area (Å²) in [6.07, 6.45) is -3.17. The van der Waals surface area contributed by atoms with E-state index in [1.54, 1.807) is 0 Å². The molecule has 2 atom stereocenters. The minimum atomic E-state index is -5.57. The number of alkyl halides is 5. The fourth-order valence-corrected chi connectivity index (χ4v) is 2.76. The molecule has 7 heteroatoms. The molecule has 0 aromatic rings. The van der Waals surface area contributed by atoms with Crippen molar-refractivity contribution in [2.75, 3.05) is 13.2 Å². The van der Waals surface area contributed by atoms with Crippen LogP contribution in [-0.2, 0) is 4.74 Å². The molecular weight excluding hydrogens is 293 g/mol. The highest BCUT2D eigenvalue weighted by molar-refractivity contribution is 4.94. The molecule has 0 bridgehead atoms. The van der Waals surface area contributed by atoms with E-state index in [9.17, 15) is 22.0 Å². The van der Waals surface area contributed by atoms with Crippen LogP contribution in [0.1, 0.15) is 46.5 Å². The van der Waals surface area contributed by atoms with Crippen LogP contribution in [0.4, 0.5) is 22.0 Å². The highest BCUT2D eigenvalue weighted by Crippen LogP contribution is 2.39. The Morgan fingerprint density at radius 2 is 1.81 bits per heavy atom. The number of ether oxygens (including phenoxy) is 1. The molecule has 1 saturated carbocycles. The van der Waals surface area contributed by atoms with Gasteiger partial charge in [-0.2, -0.15) is 22.0 Å². The number of rotatable bonds is 6. The molecule has 0 heterocycles. The van der Waals surface area contributed by atoms with Crippen LogP contribution >= 0.6 is 0 Å². The van der Waals surface area contributed by atoms with Crippen molar-refractivity contribution in [2.45, 2.75) is 70.7 Å². The molecule has 1 rings (SSSR count). The summed E-state index contributed by atoms with van der Waals surface area (Å²) in [6.45, 7) is 5.01. The van der Waals surface area contributed by atoms with Gasteiger partial charge in [-0.05, 0) is 31.2 Å². The van der Waals surface area contributed by atoms with Crippen molar-refractivity contribution in [2.24, 2.45) is 5.41 Å². The van der Waals surface area contributed by atoms with Crippen molar-refractivity contribution in [1.29, 1.82) is 0 Å². The van der Waals surface area contributed by atoms with E-state index in [0.717, 1.165) is 19.3 Å². The lowest BCUT2D eigenvalue weighted by atomic mass is 9.71. The van der Waals surface area contributed by atoms with E-state index >= 15 is 0 Å². The van der Waals surface area contributed by atoms with Crippen molar-refractivity contribution in [1.82, 2.24) is 5.32 Å². The summed E-state index contributed by atoms with van der Waals surface area (Å²) < 4.78 is 67.5. The zero-order valence-electron chi connectivity index (χ0n) is 12.7. The molecule has 0 saturated heterocycles. The first-order valence-electron chi connectivity index (χ1n) is 7.31. The maximum atomic E-state index is 13.0. The summed E-state index contributed by atoms with van der Waals surface area (Å²) in [4.78, 5) is 0. The highest BCUT2D eigenvalue weighted by atomic mass is 19.4. The van der Waals surface area contributed by atoms with Crippen molar-refractivity contribution < 1.29 is 26.7 Å². The Morgan fingerprint density at radius 3 is 2.33 bits per heavy atom. The Balaban J connectivity index is 2.70. The maximum absolute atomic E-state index is 13.0. The van der Waals surface area contributed by atoms with Crippen LogP contribution in [0.5, 0.6) is 0 Å². The molecule has 21 heavy (non-hydrogen) atoms. The zero-order valence-corrected chi connectivity index (χ0v) is 12.7. The first kappa shape index (κ1) is 18.6. The lowest BCUT2D eigenvalue weighted by Crippen LogP contribution is -2.55. The fourth-order valence-electron chi connectivity index (χ4n) is 2.76. The molecule has 2 unspecified atom stereocenters. The molecule has 1 aliphatic carbocycles. The minimum Gasteiger partial charge on any atom is -0.370 e. The smallest absolute Gasteiger partial charge is 0.370 e. The summed E-state index contributed by atoms with van der Waals surface area (Å²) in [5, 5.41) is 3.24. The van der Waals surface area contributed by atoms with Crippen LogP contribution < -0.4 is 5.32 Å². The zero-order chi connectivity index (χ0) is 16.3. The van der Waals surface area contributed by atoms with Crippen LogP contribution in [0.15, 0.2) is 0 Å². The Kier molecular flexibility index (Phi) is 6.00. The molecule has 126 valence electrons. The van der Waals surface area contributed by atoms with Gasteiger partial charge in [-0.25, -0.2) is 0 Å². The quantitative estimate of drug-likeness (QED) is 0.743. The topological polar surface area (TPSA) is 21.3 Å². The van der Waals surface area contributed by atoms with Crippen LogP contribution in [0.3, 0.4) is 0 Å². The summed E-state index contributed by atoms with van der Waals surface area (Å²) in [6, 6.07) is -0.213. The summed E-state index contributed by atoms with van der Waals surface area (Å²) in [5.74, 6) is -4.80. The first-order valence-corrected chi connectivity index (χ1v) is 7.31. The van der Waals surface area contributed by atoms with Crippen molar-refractivity contribution in [3.63, 3.8) is 0 Å². The first-order chi connectivity index (χ1) is 9.51. The average molecular weight is 317 g/mol. The van der Waals surface area contributed by atoms with Crippen LogP contribution in [0.25, 0.3) is 0 Å². The van der Waals surface area contributed by atoms with Crippen molar-refractivity contribution in [3.8, 4) is 0 Å². The van der Waals surface area contributed by atoms with E-state index in [2.05, 4.69) is 5.32 Å². The van der Waals surface area contributed by atoms with Gasteiger partial charge in [0.05, 0.1) is 6.10 Å². The van der Waals surface area contributed by atoms with E-state index in [1.165, 1.54) is 0 Å². The summed E-state index contributed by atoms with van der Waals surface area (Å²) >= 11 is 0. The molecule has 1 aliphatic rings. The third-order valence-corrected chi connectivity index (χ3v) is 4.03. The van der Waals surface area contributed by atoms with Gasteiger partial charge in [0.2, 0.25) is 0 Å². The van der Waals surface area contributed by atoms with Gasteiger partial charge in [-0.3, -0.25) is 0 Å². The molecule has 1 N–H and O–H groups in total. The summed E-state index contributed by atoms with van der Waals surface area (Å²) in [5.41, 5.74) is -0.189. The fraction of sp³-hybridized carbons (Fsp3) is 1.00. The maximum Gasteiger partial charge on any atom is 0.455 e. The van der Waals surface area contributed by atoms with Gasteiger partial charge in [0.1, 0.15) is 6.61 Å². The molecule has 1 fully saturated rings. The predicted octanol–water partition coefficient (Wildman–Crippen LogP) is 4.15. The standard InChI is InChI=1S/C14H24F5NO/c1-4-8-20-11-10(6-5-7-12(11,2)3)21-9-13(15,16)14(17,18)19/h10-11,20H,4-9H2,1-3H3. The highest BCUT2D eigenvalue weighted by Gasteiger charge is 2.58. The molecule has 0 amide bonds. The minimum absolute atomic E-state index is 0.189. The Morgan fingerprint density at radius 1 is 1.19 bits per heavy atom. The number of halogens is 5. The lowest BCUT2D eigenvalue weighted by molar-refractivity contribution is -0.301. The van der Waals surface area contributed by atoms with E-state index in [1.807, 2.05) is 20.8 Å². The molecule has 0 aromatic carbocycles. The second-order valence-corrected chi connectivity index (χ2v) is 6.36. The third kappa shape index (κ3) is 4.77. The van der Waals surface area contributed by atoms with E-state index in [0.29, 0.717) is 13.0 Å². The predicted molar refractivity (Wildman–Crippen MR) is 70.5 cm³/mol. The molecular formula is C14H24F5NO. The second-order valence-electron chi connectivity index (χ2n) is 6.36. The SMILES string of the molecule is CCCNC1C(OCC(F)(F)C(F)(F)F)CCCC1(C)C. The number of nitrogens with one attached hydrogen (secondary N) is 1. The molecule has 2 nitrogen and oxygen atoms in total. The van der Waals surface area contributed by atoms with Crippen molar-refractivity contribution in [3.05, 3.63) is 0 Å². The van der Waals surface area contributed by atoms with Gasteiger partial charge in [0.15, 0.2) is 0 Å². The van der Waals surface area contributed by atoms with E-state index < -0.39 is 24.8 Å². The number of hydrogen-bond acceptors (Lipinski definition) is 2. The van der Waals surface area contributed by atoms with Gasteiger partial charge in [-0.1, -0.05) is 27.2 Å². The van der Waals surface area contributed by atoms with E-state index in [4.69, 9.17) is 4.74 Å². The molecule has 0 aliphatic heterocycles. The van der Waals surface area contributed by atoms with Crippen LogP contribution in [-0.4, -0.2) is 37.4 Å². The second kappa shape index (κ2) is 6.77. The Bertz CT molecular complexity index is 330. The molecule has 0 spiro atoms. The third-order valence-electron chi connectivity index (χ3n) is 4.03. The lowest BCUT2D eigenvalue weighted by Gasteiger charge is -2.44. The monoisotopic (exact) mass is 317 g/mol. The molecule has 0 radical (unpaired) electrons. The van der Waals surface area contributed by atoms with Gasteiger partial charge >= 0.3 is 12.1 Å². The van der Waals surface area contributed by atoms with Gasteiger partial charge in [-0.15, -0.1) is 0 Å². The van der Waals surface area contributed by atoms with Gasteiger partial charge in [0, 0.05) is 6.04 Å². The van der Waals surface area contributed by atoms with Crippen molar-refractivity contribution >= 4 is 0 Å².